The molecule has 0 aliphatic rings. The largest absolute Gasteiger partial charge is 0.482 e. The highest BCUT2D eigenvalue weighted by Crippen LogP contribution is 2.27. The first kappa shape index (κ1) is 23.2. The molecule has 164 valence electrons. The molecule has 3 aromatic rings. The van der Waals surface area contributed by atoms with E-state index >= 15 is 0 Å². The van der Waals surface area contributed by atoms with E-state index in [-0.39, 0.29) is 17.8 Å². The van der Waals surface area contributed by atoms with Crippen LogP contribution in [0.2, 0.25) is 5.02 Å². The first-order valence-corrected chi connectivity index (χ1v) is 11.5. The van der Waals surface area contributed by atoms with E-state index in [4.69, 9.17) is 16.3 Å². The van der Waals surface area contributed by atoms with Crippen molar-refractivity contribution in [3.63, 3.8) is 0 Å². The van der Waals surface area contributed by atoms with Gasteiger partial charge in [0.15, 0.2) is 17.1 Å². The van der Waals surface area contributed by atoms with Crippen molar-refractivity contribution in [2.75, 3.05) is 5.75 Å². The lowest BCUT2D eigenvalue weighted by Gasteiger charge is -2.17. The fourth-order valence-electron chi connectivity index (χ4n) is 3.16. The zero-order valence-electron chi connectivity index (χ0n) is 18.2. The maximum Gasteiger partial charge on any atom is 0.230 e. The van der Waals surface area contributed by atoms with Crippen LogP contribution in [0.15, 0.2) is 47.6 Å². The van der Waals surface area contributed by atoms with E-state index in [1.807, 2.05) is 61.7 Å². The molecule has 0 fully saturated rings. The number of carbonyl (C=O) groups is 1. The highest BCUT2D eigenvalue weighted by molar-refractivity contribution is 7.99. The second kappa shape index (κ2) is 10.7. The maximum absolute atomic E-state index is 12.3. The summed E-state index contributed by atoms with van der Waals surface area (Å²) >= 11 is 7.26. The van der Waals surface area contributed by atoms with Gasteiger partial charge in [-0.05, 0) is 57.0 Å². The summed E-state index contributed by atoms with van der Waals surface area (Å²) in [7, 11) is 0. The molecule has 1 atom stereocenters. The van der Waals surface area contributed by atoms with Gasteiger partial charge in [0.25, 0.3) is 0 Å². The predicted molar refractivity (Wildman–Crippen MR) is 125 cm³/mol. The van der Waals surface area contributed by atoms with Crippen molar-refractivity contribution in [1.82, 2.24) is 20.1 Å². The van der Waals surface area contributed by atoms with Crippen LogP contribution >= 0.6 is 23.4 Å². The Labute approximate surface area is 192 Å². The van der Waals surface area contributed by atoms with Crippen LogP contribution < -0.4 is 10.1 Å². The minimum Gasteiger partial charge on any atom is -0.482 e. The molecular weight excluding hydrogens is 432 g/mol. The topological polar surface area (TPSA) is 69.0 Å². The lowest BCUT2D eigenvalue weighted by Crippen LogP contribution is -2.24. The molecule has 0 saturated carbocycles. The molecule has 31 heavy (non-hydrogen) atoms. The number of halogens is 1. The highest BCUT2D eigenvalue weighted by atomic mass is 35.5. The lowest BCUT2D eigenvalue weighted by atomic mass is 10.1. The molecule has 0 aliphatic carbocycles. The van der Waals surface area contributed by atoms with Crippen LogP contribution in [0.4, 0.5) is 0 Å². The second-order valence-electron chi connectivity index (χ2n) is 7.31. The van der Waals surface area contributed by atoms with Gasteiger partial charge in [0.2, 0.25) is 5.91 Å². The molecule has 0 bridgehead atoms. The number of nitrogens with zero attached hydrogens (tertiary/aromatic N) is 3. The molecule has 3 rings (SSSR count). The lowest BCUT2D eigenvalue weighted by molar-refractivity contribution is -0.118. The van der Waals surface area contributed by atoms with E-state index < -0.39 is 0 Å². The van der Waals surface area contributed by atoms with Crippen LogP contribution in [0, 0.1) is 13.8 Å². The van der Waals surface area contributed by atoms with Gasteiger partial charge in [-0.3, -0.25) is 4.79 Å². The van der Waals surface area contributed by atoms with Crippen molar-refractivity contribution in [3.05, 3.63) is 70.0 Å². The minimum absolute atomic E-state index is 0.0632. The van der Waals surface area contributed by atoms with Gasteiger partial charge in [-0.2, -0.15) is 0 Å². The Kier molecular flexibility index (Phi) is 7.98. The summed E-state index contributed by atoms with van der Waals surface area (Å²) in [5, 5.41) is 12.9. The van der Waals surface area contributed by atoms with Gasteiger partial charge in [0, 0.05) is 18.1 Å². The summed E-state index contributed by atoms with van der Waals surface area (Å²) in [6, 6.07) is 13.5. The number of aryl methyl sites for hydroxylation is 2. The summed E-state index contributed by atoms with van der Waals surface area (Å²) in [5.41, 5.74) is 3.28. The fourth-order valence-corrected chi connectivity index (χ4v) is 4.13. The van der Waals surface area contributed by atoms with Crippen LogP contribution in [-0.4, -0.2) is 26.4 Å². The van der Waals surface area contributed by atoms with Gasteiger partial charge in [-0.15, -0.1) is 10.2 Å². The Hall–Kier alpha value is -2.51. The van der Waals surface area contributed by atoms with Crippen molar-refractivity contribution >= 4 is 29.3 Å². The molecule has 0 spiro atoms. The van der Waals surface area contributed by atoms with Crippen molar-refractivity contribution in [3.8, 4) is 5.75 Å². The summed E-state index contributed by atoms with van der Waals surface area (Å²) < 4.78 is 8.13. The summed E-state index contributed by atoms with van der Waals surface area (Å²) in [4.78, 5) is 12.3. The fraction of sp³-hybridized carbons (Fsp3) is 0.348. The van der Waals surface area contributed by atoms with Crippen molar-refractivity contribution in [2.24, 2.45) is 0 Å². The normalized spacial score (nSPS) is 11.9. The van der Waals surface area contributed by atoms with Gasteiger partial charge >= 0.3 is 0 Å². The van der Waals surface area contributed by atoms with E-state index in [0.29, 0.717) is 23.3 Å². The summed E-state index contributed by atoms with van der Waals surface area (Å²) in [6.45, 7) is 9.23. The SMILES string of the molecule is CCn1c(SCC(=O)NCc2ccc(Cl)cc2)nnc1C(C)Oc1ccc(C)cc1C. The van der Waals surface area contributed by atoms with E-state index in [9.17, 15) is 4.79 Å². The first-order valence-electron chi connectivity index (χ1n) is 10.2. The number of aromatic nitrogens is 3. The Morgan fingerprint density at radius 2 is 1.94 bits per heavy atom. The average molecular weight is 459 g/mol. The number of carbonyl (C=O) groups excluding carboxylic acids is 1. The van der Waals surface area contributed by atoms with E-state index in [2.05, 4.69) is 28.5 Å². The minimum atomic E-state index is -0.262. The number of amides is 1. The average Bonchev–Trinajstić information content (AvgIpc) is 3.17. The Balaban J connectivity index is 1.58. The number of rotatable bonds is 9. The molecule has 1 heterocycles. The van der Waals surface area contributed by atoms with Gasteiger partial charge < -0.3 is 14.6 Å². The third-order valence-corrected chi connectivity index (χ3v) is 6.01. The number of nitrogens with one attached hydrogen (secondary N) is 1. The second-order valence-corrected chi connectivity index (χ2v) is 8.68. The van der Waals surface area contributed by atoms with Crippen molar-refractivity contribution in [1.29, 1.82) is 0 Å². The summed E-state index contributed by atoms with van der Waals surface area (Å²) in [6.07, 6.45) is -0.262. The van der Waals surface area contributed by atoms with E-state index in [1.165, 1.54) is 17.3 Å². The Bertz CT molecular complexity index is 1040. The number of thioether (sulfide) groups is 1. The van der Waals surface area contributed by atoms with Gasteiger partial charge in [0.1, 0.15) is 5.75 Å². The maximum atomic E-state index is 12.3. The zero-order chi connectivity index (χ0) is 22.4. The van der Waals surface area contributed by atoms with Crippen molar-refractivity contribution < 1.29 is 9.53 Å². The van der Waals surface area contributed by atoms with Crippen molar-refractivity contribution in [2.45, 2.75) is 52.0 Å². The molecule has 6 nitrogen and oxygen atoms in total. The smallest absolute Gasteiger partial charge is 0.230 e. The van der Waals surface area contributed by atoms with Gasteiger partial charge in [0.05, 0.1) is 5.75 Å². The number of benzene rings is 2. The molecule has 8 heteroatoms. The molecule has 0 radical (unpaired) electrons. The first-order chi connectivity index (χ1) is 14.9. The number of hydrogen-bond donors (Lipinski definition) is 1. The quantitative estimate of drug-likeness (QED) is 0.451. The molecule has 0 saturated heterocycles. The molecule has 1 aromatic heterocycles. The van der Waals surface area contributed by atoms with Crippen LogP contribution in [0.1, 0.15) is 42.5 Å². The van der Waals surface area contributed by atoms with E-state index in [1.54, 1.807) is 0 Å². The standard InChI is InChI=1S/C23H27ClN4O2S/c1-5-28-22(17(4)30-20-11-6-15(2)12-16(20)3)26-27-23(28)31-14-21(29)25-13-18-7-9-19(24)10-8-18/h6-12,17H,5,13-14H2,1-4H3,(H,25,29). The Morgan fingerprint density at radius 1 is 1.19 bits per heavy atom. The molecule has 1 N–H and O–H groups in total. The highest BCUT2D eigenvalue weighted by Gasteiger charge is 2.20. The number of ether oxygens (including phenoxy) is 1. The van der Waals surface area contributed by atoms with Crippen LogP contribution in [0.25, 0.3) is 0 Å². The monoisotopic (exact) mass is 458 g/mol. The molecule has 1 unspecified atom stereocenters. The number of hydrogen-bond acceptors (Lipinski definition) is 5. The Morgan fingerprint density at radius 3 is 2.61 bits per heavy atom. The third kappa shape index (κ3) is 6.24. The van der Waals surface area contributed by atoms with Crippen LogP contribution in [0.3, 0.4) is 0 Å². The molecule has 2 aromatic carbocycles. The zero-order valence-corrected chi connectivity index (χ0v) is 19.8. The van der Waals surface area contributed by atoms with E-state index in [0.717, 1.165) is 22.7 Å². The van der Waals surface area contributed by atoms with Gasteiger partial charge in [-0.25, -0.2) is 0 Å². The molecular formula is C23H27ClN4O2S. The van der Waals surface area contributed by atoms with Crippen LogP contribution in [0.5, 0.6) is 5.75 Å². The molecule has 1 amide bonds. The molecule has 0 aliphatic heterocycles. The predicted octanol–water partition coefficient (Wildman–Crippen LogP) is 5.12. The third-order valence-electron chi connectivity index (χ3n) is 4.79. The van der Waals surface area contributed by atoms with Crippen LogP contribution in [-0.2, 0) is 17.9 Å². The summed E-state index contributed by atoms with van der Waals surface area (Å²) in [5.74, 6) is 1.77. The van der Waals surface area contributed by atoms with Gasteiger partial charge in [-0.1, -0.05) is 53.2 Å².